The second kappa shape index (κ2) is 28.8. The van der Waals surface area contributed by atoms with E-state index in [2.05, 4.69) is 58.3 Å². The SMILES string of the molecule is CCCCCCCCCCCCCCCCCC(=O)N(CCCNC(=O)O[C@H]1CC[C@@]2(C)C(=CC[C@H]3[C@@H]4CC[C@H]([C@H](C)CCCC(C)C)[C@@]4(C)CC[C@@H]32)C1)CC(=O)NCCCCN. The number of carbonyl (C=O) groups excluding carboxylic acids is 3. The molecule has 4 aliphatic carbocycles. The van der Waals surface area contributed by atoms with Crippen LogP contribution in [0.4, 0.5) is 4.79 Å². The summed E-state index contributed by atoms with van der Waals surface area (Å²) in [5, 5.41) is 5.94. The van der Waals surface area contributed by atoms with Crippen molar-refractivity contribution in [2.75, 3.05) is 32.7 Å². The number of alkyl carbamates (subject to hydrolysis) is 1. The first kappa shape index (κ1) is 53.5. The molecule has 4 rings (SSSR count). The summed E-state index contributed by atoms with van der Waals surface area (Å²) >= 11 is 0. The highest BCUT2D eigenvalue weighted by Gasteiger charge is 2.59. The fourth-order valence-electron chi connectivity index (χ4n) is 13.2. The van der Waals surface area contributed by atoms with Crippen LogP contribution in [-0.2, 0) is 14.3 Å². The molecule has 0 radical (unpaired) electrons. The standard InChI is InChI=1S/C55H100N4O4/c1-7-8-9-10-11-12-13-14-15-16-17-18-19-20-21-28-52(61)59(42-51(60)57-38-23-22-37-56)40-25-39-58-53(62)63-46-33-35-54(5)45(41-46)29-30-47-49-32-31-48(44(4)27-24-26-43(2)3)55(49,6)36-34-50(47)54/h29,43-44,46-50H,7-28,30-42,56H2,1-6H3,(H,57,60)(H,58,62)/t44-,46+,47+,48-,49+,50+,54+,55-/m1/s1. The van der Waals surface area contributed by atoms with Gasteiger partial charge in [0.2, 0.25) is 11.8 Å². The maximum Gasteiger partial charge on any atom is 0.407 e. The van der Waals surface area contributed by atoms with Gasteiger partial charge in [0.05, 0.1) is 6.54 Å². The minimum atomic E-state index is -0.362. The second-order valence-corrected chi connectivity index (χ2v) is 22.2. The van der Waals surface area contributed by atoms with Crippen LogP contribution in [0.25, 0.3) is 0 Å². The Hall–Kier alpha value is -2.09. The number of hydrogen-bond donors (Lipinski definition) is 3. The van der Waals surface area contributed by atoms with Gasteiger partial charge in [-0.3, -0.25) is 9.59 Å². The smallest absolute Gasteiger partial charge is 0.407 e. The van der Waals surface area contributed by atoms with Gasteiger partial charge in [-0.15, -0.1) is 0 Å². The third kappa shape index (κ3) is 17.3. The van der Waals surface area contributed by atoms with Crippen LogP contribution >= 0.6 is 0 Å². The summed E-state index contributed by atoms with van der Waals surface area (Å²) in [5.41, 5.74) is 7.88. The molecule has 3 saturated carbocycles. The molecule has 4 N–H and O–H groups in total. The van der Waals surface area contributed by atoms with E-state index < -0.39 is 0 Å². The summed E-state index contributed by atoms with van der Waals surface area (Å²) in [7, 11) is 0. The molecule has 8 atom stereocenters. The van der Waals surface area contributed by atoms with Crippen molar-refractivity contribution in [3.05, 3.63) is 11.6 Å². The number of hydrogen-bond acceptors (Lipinski definition) is 5. The normalized spacial score (nSPS) is 26.9. The molecule has 0 bridgehead atoms. The van der Waals surface area contributed by atoms with Gasteiger partial charge in [0.1, 0.15) is 6.10 Å². The number of ether oxygens (including phenoxy) is 1. The number of allylic oxidation sites excluding steroid dienone is 1. The average molecular weight is 881 g/mol. The maximum absolute atomic E-state index is 13.4. The van der Waals surface area contributed by atoms with Gasteiger partial charge in [-0.25, -0.2) is 4.79 Å². The zero-order chi connectivity index (χ0) is 45.5. The maximum atomic E-state index is 13.4. The molecule has 8 nitrogen and oxygen atoms in total. The topological polar surface area (TPSA) is 114 Å². The Bertz CT molecular complexity index is 1350. The van der Waals surface area contributed by atoms with E-state index in [0.29, 0.717) is 44.4 Å². The Morgan fingerprint density at radius 1 is 0.746 bits per heavy atom. The number of nitrogens with zero attached hydrogens (tertiary/aromatic N) is 1. The lowest BCUT2D eigenvalue weighted by Gasteiger charge is -2.58. The van der Waals surface area contributed by atoms with Gasteiger partial charge in [-0.1, -0.05) is 162 Å². The summed E-state index contributed by atoms with van der Waals surface area (Å²) < 4.78 is 6.07. The minimum absolute atomic E-state index is 0.0274. The molecule has 4 aliphatic rings. The van der Waals surface area contributed by atoms with Gasteiger partial charge < -0.3 is 26.0 Å². The van der Waals surface area contributed by atoms with Crippen LogP contribution in [0.15, 0.2) is 11.6 Å². The molecule has 3 fully saturated rings. The van der Waals surface area contributed by atoms with E-state index in [1.54, 1.807) is 4.90 Å². The van der Waals surface area contributed by atoms with E-state index in [1.807, 2.05) is 0 Å². The van der Waals surface area contributed by atoms with E-state index in [0.717, 1.165) is 86.9 Å². The molecule has 0 aromatic carbocycles. The lowest BCUT2D eigenvalue weighted by molar-refractivity contribution is -0.136. The van der Waals surface area contributed by atoms with Crippen molar-refractivity contribution in [3.63, 3.8) is 0 Å². The summed E-state index contributed by atoms with van der Waals surface area (Å²) in [6, 6.07) is 0. The van der Waals surface area contributed by atoms with E-state index in [4.69, 9.17) is 10.5 Å². The number of carbonyl (C=O) groups is 3. The third-order valence-corrected chi connectivity index (χ3v) is 17.0. The molecular formula is C55H100N4O4. The lowest BCUT2D eigenvalue weighted by Crippen LogP contribution is -2.51. The van der Waals surface area contributed by atoms with Gasteiger partial charge in [0, 0.05) is 32.5 Å². The third-order valence-electron chi connectivity index (χ3n) is 17.0. The average Bonchev–Trinajstić information content (AvgIpc) is 3.62. The summed E-state index contributed by atoms with van der Waals surface area (Å²) in [5.74, 6) is 4.80. The van der Waals surface area contributed by atoms with Gasteiger partial charge >= 0.3 is 6.09 Å². The van der Waals surface area contributed by atoms with Crippen molar-refractivity contribution in [1.29, 1.82) is 0 Å². The second-order valence-electron chi connectivity index (χ2n) is 22.2. The molecule has 0 aliphatic heterocycles. The van der Waals surface area contributed by atoms with Crippen molar-refractivity contribution >= 4 is 17.9 Å². The molecule has 0 heterocycles. The molecule has 63 heavy (non-hydrogen) atoms. The van der Waals surface area contributed by atoms with Gasteiger partial charge in [-0.05, 0) is 124 Å². The highest BCUT2D eigenvalue weighted by molar-refractivity contribution is 5.84. The number of unbranched alkanes of at least 4 members (excludes halogenated alkanes) is 15. The number of amides is 3. The van der Waals surface area contributed by atoms with Crippen LogP contribution in [0.2, 0.25) is 0 Å². The fourth-order valence-corrected chi connectivity index (χ4v) is 13.2. The first-order valence-electron chi connectivity index (χ1n) is 27.3. The van der Waals surface area contributed by atoms with E-state index in [1.165, 1.54) is 134 Å². The molecule has 3 amide bonds. The first-order chi connectivity index (χ1) is 30.4. The van der Waals surface area contributed by atoms with E-state index >= 15 is 0 Å². The predicted octanol–water partition coefficient (Wildman–Crippen LogP) is 13.5. The van der Waals surface area contributed by atoms with Crippen LogP contribution in [0.1, 0.15) is 234 Å². The quantitative estimate of drug-likeness (QED) is 0.0460. The monoisotopic (exact) mass is 881 g/mol. The highest BCUT2D eigenvalue weighted by atomic mass is 16.6. The zero-order valence-electron chi connectivity index (χ0n) is 42.0. The van der Waals surface area contributed by atoms with Crippen LogP contribution in [0.5, 0.6) is 0 Å². The molecule has 0 spiro atoms. The number of rotatable bonds is 32. The van der Waals surface area contributed by atoms with Crippen molar-refractivity contribution in [2.45, 2.75) is 240 Å². The van der Waals surface area contributed by atoms with Crippen LogP contribution in [0, 0.1) is 46.3 Å². The summed E-state index contributed by atoms with van der Waals surface area (Å²) in [6.07, 6.45) is 37.9. The minimum Gasteiger partial charge on any atom is -0.446 e. The lowest BCUT2D eigenvalue weighted by atomic mass is 9.47. The van der Waals surface area contributed by atoms with E-state index in [9.17, 15) is 14.4 Å². The Kier molecular flexibility index (Phi) is 24.5. The molecule has 8 heteroatoms. The Morgan fingerprint density at radius 2 is 1.40 bits per heavy atom. The Morgan fingerprint density at radius 3 is 2.05 bits per heavy atom. The molecule has 0 saturated heterocycles. The predicted molar refractivity (Wildman–Crippen MR) is 263 cm³/mol. The van der Waals surface area contributed by atoms with E-state index in [-0.39, 0.29) is 36.0 Å². The van der Waals surface area contributed by atoms with Crippen molar-refractivity contribution < 1.29 is 19.1 Å². The molecule has 364 valence electrons. The molecular weight excluding hydrogens is 781 g/mol. The Balaban J connectivity index is 1.15. The van der Waals surface area contributed by atoms with Crippen molar-refractivity contribution in [3.8, 4) is 0 Å². The van der Waals surface area contributed by atoms with Crippen molar-refractivity contribution in [2.24, 2.45) is 52.1 Å². The number of fused-ring (bicyclic) bond motifs is 5. The van der Waals surface area contributed by atoms with Gasteiger partial charge in [0.25, 0.3) is 0 Å². The van der Waals surface area contributed by atoms with Crippen LogP contribution in [0.3, 0.4) is 0 Å². The number of nitrogens with one attached hydrogen (secondary N) is 2. The fraction of sp³-hybridized carbons (Fsp3) is 0.909. The summed E-state index contributed by atoms with van der Waals surface area (Å²) in [6.45, 7) is 16.9. The molecule has 0 aromatic rings. The first-order valence-corrected chi connectivity index (χ1v) is 27.3. The highest BCUT2D eigenvalue weighted by Crippen LogP contribution is 2.67. The van der Waals surface area contributed by atoms with Crippen molar-refractivity contribution in [1.82, 2.24) is 15.5 Å². The van der Waals surface area contributed by atoms with Crippen LogP contribution < -0.4 is 16.4 Å². The zero-order valence-corrected chi connectivity index (χ0v) is 42.0. The van der Waals surface area contributed by atoms with Crippen LogP contribution in [-0.4, -0.2) is 61.6 Å². The van der Waals surface area contributed by atoms with Gasteiger partial charge in [-0.2, -0.15) is 0 Å². The Labute approximate surface area is 388 Å². The largest absolute Gasteiger partial charge is 0.446 e. The summed E-state index contributed by atoms with van der Waals surface area (Å²) in [4.78, 5) is 41.0. The van der Waals surface area contributed by atoms with Gasteiger partial charge in [0.15, 0.2) is 0 Å². The number of nitrogens with two attached hydrogens (primary N) is 1. The molecule has 0 aromatic heterocycles. The molecule has 0 unspecified atom stereocenters.